The molecule has 2 aromatic rings. The topological polar surface area (TPSA) is 72.8 Å². The van der Waals surface area contributed by atoms with Crippen molar-refractivity contribution in [3.63, 3.8) is 0 Å². The molecule has 0 heterocycles. The van der Waals surface area contributed by atoms with E-state index in [0.29, 0.717) is 6.86 Å². The fraction of sp³-hybridized carbons (Fsp3) is 0.462. The smallest absolute Gasteiger partial charge is 0.335 e. The summed E-state index contributed by atoms with van der Waals surface area (Å²) in [5.74, 6) is -1.50. The number of aliphatic hydroxyl groups excluding tert-OH is 1. The van der Waals surface area contributed by atoms with Crippen molar-refractivity contribution in [2.75, 3.05) is 0 Å². The Morgan fingerprint density at radius 1 is 0.781 bits per heavy atom. The third-order valence-electron chi connectivity index (χ3n) is 3.85. The van der Waals surface area contributed by atoms with Crippen LogP contribution in [0.4, 0.5) is 0 Å². The SMILES string of the molecule is C[C](C)(C)[Sn][C](C)(C)C.O=C(CC(O)C(=O)OCc1ccccc1)OCc1ccccc1. The van der Waals surface area contributed by atoms with Gasteiger partial charge in [0, 0.05) is 0 Å². The molecule has 0 bridgehead atoms. The third kappa shape index (κ3) is 14.2. The van der Waals surface area contributed by atoms with Crippen LogP contribution in [0.2, 0.25) is 6.86 Å². The van der Waals surface area contributed by atoms with Crippen molar-refractivity contribution in [1.82, 2.24) is 0 Å². The van der Waals surface area contributed by atoms with Crippen molar-refractivity contribution in [3.05, 3.63) is 71.8 Å². The Hall–Kier alpha value is -1.86. The summed E-state index contributed by atoms with van der Waals surface area (Å²) in [6, 6.07) is 18.2. The molecule has 0 fully saturated rings. The number of rotatable bonds is 7. The van der Waals surface area contributed by atoms with Crippen molar-refractivity contribution in [3.8, 4) is 0 Å². The number of ether oxygens (including phenoxy) is 2. The van der Waals surface area contributed by atoms with Gasteiger partial charge in [0.2, 0.25) is 0 Å². The van der Waals surface area contributed by atoms with Crippen LogP contribution in [-0.4, -0.2) is 44.3 Å². The summed E-state index contributed by atoms with van der Waals surface area (Å²) < 4.78 is 11.3. The van der Waals surface area contributed by atoms with Crippen molar-refractivity contribution >= 4 is 33.1 Å². The number of esters is 2. The van der Waals surface area contributed by atoms with Crippen LogP contribution in [0, 0.1) is 0 Å². The second kappa shape index (κ2) is 13.6. The van der Waals surface area contributed by atoms with E-state index in [-0.39, 0.29) is 34.4 Å². The molecule has 2 rings (SSSR count). The van der Waals surface area contributed by atoms with Crippen LogP contribution in [0.25, 0.3) is 0 Å². The molecule has 0 aromatic heterocycles. The molecular formula is C26H36O5Sn. The van der Waals surface area contributed by atoms with Gasteiger partial charge < -0.3 is 14.6 Å². The van der Waals surface area contributed by atoms with Gasteiger partial charge in [-0.05, 0) is 11.1 Å². The Kier molecular flexibility index (Phi) is 12.0. The molecule has 6 heteroatoms. The van der Waals surface area contributed by atoms with E-state index in [0.717, 1.165) is 11.1 Å². The van der Waals surface area contributed by atoms with E-state index in [1.165, 1.54) is 0 Å². The Balaban J connectivity index is 0.000000482. The van der Waals surface area contributed by atoms with Gasteiger partial charge in [0.25, 0.3) is 0 Å². The van der Waals surface area contributed by atoms with E-state index >= 15 is 0 Å². The van der Waals surface area contributed by atoms with Crippen LogP contribution in [0.1, 0.15) is 59.1 Å². The normalized spacial score (nSPS) is 12.2. The average molecular weight is 547 g/mol. The van der Waals surface area contributed by atoms with Crippen LogP contribution in [0.3, 0.4) is 0 Å². The van der Waals surface area contributed by atoms with Crippen LogP contribution in [0.15, 0.2) is 60.7 Å². The van der Waals surface area contributed by atoms with Gasteiger partial charge in [-0.25, -0.2) is 4.79 Å². The van der Waals surface area contributed by atoms with E-state index < -0.39 is 24.5 Å². The summed E-state index contributed by atoms with van der Waals surface area (Å²) in [5.41, 5.74) is 1.64. The minimum atomic E-state index is -1.53. The largest absolute Gasteiger partial charge is 0.461 e. The first-order chi connectivity index (χ1) is 14.9. The second-order valence-electron chi connectivity index (χ2n) is 9.58. The molecule has 0 amide bonds. The maximum absolute atomic E-state index is 11.6. The molecule has 2 radical (unpaired) electrons. The molecule has 0 aliphatic carbocycles. The molecule has 0 aliphatic heterocycles. The van der Waals surface area contributed by atoms with Gasteiger partial charge in [0.05, 0.1) is 6.42 Å². The van der Waals surface area contributed by atoms with Crippen molar-refractivity contribution in [2.24, 2.45) is 0 Å². The number of hydrogen-bond donors (Lipinski definition) is 1. The Labute approximate surface area is 202 Å². The molecule has 1 atom stereocenters. The van der Waals surface area contributed by atoms with Gasteiger partial charge in [-0.15, -0.1) is 0 Å². The number of carbonyl (C=O) groups excluding carboxylic acids is 2. The van der Waals surface area contributed by atoms with Gasteiger partial charge in [0.1, 0.15) is 13.2 Å². The molecule has 5 nitrogen and oxygen atoms in total. The van der Waals surface area contributed by atoms with Gasteiger partial charge in [-0.3, -0.25) is 4.79 Å². The molecule has 0 aliphatic rings. The van der Waals surface area contributed by atoms with Crippen molar-refractivity contribution in [2.45, 2.75) is 74.1 Å². The zero-order valence-corrected chi connectivity index (χ0v) is 22.9. The van der Waals surface area contributed by atoms with Crippen LogP contribution < -0.4 is 0 Å². The van der Waals surface area contributed by atoms with E-state index in [1.807, 2.05) is 48.5 Å². The Morgan fingerprint density at radius 2 is 1.19 bits per heavy atom. The second-order valence-corrected chi connectivity index (χ2v) is 18.9. The predicted octanol–water partition coefficient (Wildman–Crippen LogP) is 5.35. The Morgan fingerprint density at radius 3 is 1.56 bits per heavy atom. The number of benzene rings is 2. The first kappa shape index (κ1) is 28.2. The average Bonchev–Trinajstić information content (AvgIpc) is 2.70. The fourth-order valence-corrected chi connectivity index (χ4v) is 9.41. The summed E-state index contributed by atoms with van der Waals surface area (Å²) in [4.78, 5) is 23.3. The standard InChI is InChI=1S/C18H18O5.2C4H9.Sn/c19-16(18(21)23-13-15-9-5-2-6-10-15)11-17(20)22-12-14-7-3-1-4-8-14;2*1-4(2)3;/h1-10,16,19H,11-13H2;2*1-3H3;. The van der Waals surface area contributed by atoms with Gasteiger partial charge in [-0.2, -0.15) is 0 Å². The first-order valence-electron chi connectivity index (χ1n) is 10.7. The molecule has 1 unspecified atom stereocenters. The molecule has 2 aromatic carbocycles. The fourth-order valence-electron chi connectivity index (χ4n) is 2.99. The van der Waals surface area contributed by atoms with E-state index in [9.17, 15) is 14.7 Å². The maximum atomic E-state index is 11.6. The summed E-state index contributed by atoms with van der Waals surface area (Å²) in [5, 5.41) is 9.69. The first-order valence-corrected chi connectivity index (χ1v) is 13.6. The zero-order valence-electron chi connectivity index (χ0n) is 20.1. The molecule has 32 heavy (non-hydrogen) atoms. The van der Waals surface area contributed by atoms with Crippen molar-refractivity contribution in [1.29, 1.82) is 0 Å². The quantitative estimate of drug-likeness (QED) is 0.374. The maximum Gasteiger partial charge on any atom is 0.335 e. The van der Waals surface area contributed by atoms with E-state index in [2.05, 4.69) is 41.5 Å². The summed E-state index contributed by atoms with van der Waals surface area (Å²) in [7, 11) is 0. The minimum Gasteiger partial charge on any atom is -0.461 e. The molecule has 1 N–H and O–H groups in total. The monoisotopic (exact) mass is 548 g/mol. The third-order valence-corrected chi connectivity index (χ3v) is 8.13. The summed E-state index contributed by atoms with van der Waals surface area (Å²) in [6.07, 6.45) is -1.96. The zero-order chi connectivity index (χ0) is 24.2. The molecular weight excluding hydrogens is 511 g/mol. The molecule has 0 saturated heterocycles. The molecule has 0 saturated carbocycles. The number of carbonyl (C=O) groups is 2. The van der Waals surface area contributed by atoms with Gasteiger partial charge in [0.15, 0.2) is 6.10 Å². The predicted molar refractivity (Wildman–Crippen MR) is 128 cm³/mol. The van der Waals surface area contributed by atoms with Crippen molar-refractivity contribution < 1.29 is 24.2 Å². The summed E-state index contributed by atoms with van der Waals surface area (Å²) in [6.45, 7) is 14.3. The molecule has 174 valence electrons. The van der Waals surface area contributed by atoms with Crippen LogP contribution >= 0.6 is 0 Å². The van der Waals surface area contributed by atoms with Gasteiger partial charge >= 0.3 is 81.5 Å². The summed E-state index contributed by atoms with van der Waals surface area (Å²) >= 11 is -0.182. The Bertz CT molecular complexity index is 796. The van der Waals surface area contributed by atoms with E-state index in [4.69, 9.17) is 9.47 Å². The number of aliphatic hydroxyl groups is 1. The van der Waals surface area contributed by atoms with Crippen LogP contribution in [0.5, 0.6) is 0 Å². The van der Waals surface area contributed by atoms with E-state index in [1.54, 1.807) is 12.1 Å². The van der Waals surface area contributed by atoms with Crippen LogP contribution in [-0.2, 0) is 32.3 Å². The number of hydrogen-bond acceptors (Lipinski definition) is 5. The molecule has 0 spiro atoms. The minimum absolute atomic E-state index is 0.0514. The van der Waals surface area contributed by atoms with Gasteiger partial charge in [-0.1, -0.05) is 60.7 Å².